The first-order valence-electron chi connectivity index (χ1n) is 8.34. The van der Waals surface area contributed by atoms with Gasteiger partial charge >= 0.3 is 0 Å². The van der Waals surface area contributed by atoms with Crippen molar-refractivity contribution in [2.24, 2.45) is 0 Å². The predicted molar refractivity (Wildman–Crippen MR) is 94.3 cm³/mol. The van der Waals surface area contributed by atoms with Gasteiger partial charge in [0.25, 0.3) is 5.78 Å². The minimum absolute atomic E-state index is 0.0332. The van der Waals surface area contributed by atoms with Crippen LogP contribution in [0.15, 0.2) is 24.7 Å². The molecule has 1 amide bonds. The molecule has 0 aromatic carbocycles. The Bertz CT molecular complexity index is 1100. The number of fused-ring (bicyclic) bond motifs is 2. The van der Waals surface area contributed by atoms with E-state index in [2.05, 4.69) is 35.6 Å². The minimum Gasteiger partial charge on any atom is -0.350 e. The Hall–Kier alpha value is -3.36. The second kappa shape index (κ2) is 6.51. The van der Waals surface area contributed by atoms with Crippen LogP contribution in [0.1, 0.15) is 29.1 Å². The normalized spacial score (nSPS) is 11.3. The van der Waals surface area contributed by atoms with Gasteiger partial charge < -0.3 is 5.32 Å². The smallest absolute Gasteiger partial charge is 0.252 e. The van der Waals surface area contributed by atoms with Gasteiger partial charge in [0.1, 0.15) is 6.33 Å². The molecule has 4 aromatic heterocycles. The summed E-state index contributed by atoms with van der Waals surface area (Å²) < 4.78 is 1.70. The first-order chi connectivity index (χ1) is 12.6. The van der Waals surface area contributed by atoms with E-state index in [0.29, 0.717) is 30.8 Å². The Kier molecular flexibility index (Phi) is 4.04. The molecule has 0 radical (unpaired) electrons. The van der Waals surface area contributed by atoms with Gasteiger partial charge in [0.2, 0.25) is 5.91 Å². The number of nitrogens with zero attached hydrogens (tertiary/aromatic N) is 6. The molecule has 0 saturated carbocycles. The highest BCUT2D eigenvalue weighted by Crippen LogP contribution is 2.15. The summed E-state index contributed by atoms with van der Waals surface area (Å²) in [6.07, 6.45) is 4.14. The zero-order valence-corrected chi connectivity index (χ0v) is 14.5. The van der Waals surface area contributed by atoms with Crippen LogP contribution in [0, 0.1) is 13.8 Å². The van der Waals surface area contributed by atoms with Gasteiger partial charge in [-0.05, 0) is 38.0 Å². The van der Waals surface area contributed by atoms with Crippen LogP contribution in [0.4, 0.5) is 0 Å². The Morgan fingerprint density at radius 1 is 1.31 bits per heavy atom. The number of amides is 1. The van der Waals surface area contributed by atoms with E-state index in [4.69, 9.17) is 0 Å². The number of hydrogen-bond donors (Lipinski definition) is 2. The number of nitrogens with one attached hydrogen (secondary N) is 2. The van der Waals surface area contributed by atoms with Crippen LogP contribution in [0.3, 0.4) is 0 Å². The lowest BCUT2D eigenvalue weighted by atomic mass is 10.1. The number of carbonyl (C=O) groups is 1. The molecule has 9 heteroatoms. The summed E-state index contributed by atoms with van der Waals surface area (Å²) in [6.45, 7) is 4.28. The maximum Gasteiger partial charge on any atom is 0.252 e. The van der Waals surface area contributed by atoms with E-state index in [9.17, 15) is 4.79 Å². The van der Waals surface area contributed by atoms with Gasteiger partial charge in [-0.2, -0.15) is 15.2 Å². The number of carbonyl (C=O) groups excluding carboxylic acids is 1. The van der Waals surface area contributed by atoms with Crippen molar-refractivity contribution in [2.45, 2.75) is 33.2 Å². The van der Waals surface area contributed by atoms with Crippen molar-refractivity contribution in [3.63, 3.8) is 0 Å². The zero-order chi connectivity index (χ0) is 18.1. The van der Waals surface area contributed by atoms with Crippen LogP contribution in [0.2, 0.25) is 0 Å². The maximum absolute atomic E-state index is 12.3. The van der Waals surface area contributed by atoms with Gasteiger partial charge in [-0.3, -0.25) is 9.89 Å². The molecular formula is C17H18N8O. The molecule has 4 rings (SSSR count). The Balaban J connectivity index is 1.41. The van der Waals surface area contributed by atoms with E-state index in [-0.39, 0.29) is 5.91 Å². The summed E-state index contributed by atoms with van der Waals surface area (Å²) in [6, 6.07) is 3.78. The van der Waals surface area contributed by atoms with Gasteiger partial charge in [0, 0.05) is 29.4 Å². The van der Waals surface area contributed by atoms with Gasteiger partial charge in [0.15, 0.2) is 5.65 Å². The highest BCUT2D eigenvalue weighted by atomic mass is 16.1. The van der Waals surface area contributed by atoms with E-state index in [1.807, 2.05) is 26.0 Å². The number of aromatic amines is 1. The van der Waals surface area contributed by atoms with Crippen molar-refractivity contribution in [1.29, 1.82) is 0 Å². The second-order valence-corrected chi connectivity index (χ2v) is 6.09. The fourth-order valence-electron chi connectivity index (χ4n) is 3.07. The molecular weight excluding hydrogens is 332 g/mol. The monoisotopic (exact) mass is 350 g/mol. The number of hydrogen-bond acceptors (Lipinski definition) is 6. The standard InChI is InChI=1S/C17H18N8O/c1-10-12(11(2)25-17(22-10)20-9-21-25)5-6-15(26)19-8-14-13-4-3-7-18-16(13)24-23-14/h3-4,7,9H,5-6,8H2,1-2H3,(H,19,26)(H,18,23,24). The summed E-state index contributed by atoms with van der Waals surface area (Å²) >= 11 is 0. The zero-order valence-electron chi connectivity index (χ0n) is 14.5. The number of pyridine rings is 1. The summed E-state index contributed by atoms with van der Waals surface area (Å²) in [5.41, 5.74) is 4.36. The molecule has 2 N–H and O–H groups in total. The second-order valence-electron chi connectivity index (χ2n) is 6.09. The van der Waals surface area contributed by atoms with Gasteiger partial charge in [0.05, 0.1) is 12.2 Å². The van der Waals surface area contributed by atoms with Crippen LogP contribution in [-0.4, -0.2) is 40.7 Å². The molecule has 0 atom stereocenters. The van der Waals surface area contributed by atoms with Crippen molar-refractivity contribution < 1.29 is 4.79 Å². The van der Waals surface area contributed by atoms with Crippen LogP contribution in [0.5, 0.6) is 0 Å². The fraction of sp³-hybridized carbons (Fsp3) is 0.294. The molecule has 0 unspecified atom stereocenters. The van der Waals surface area contributed by atoms with Crippen LogP contribution in [-0.2, 0) is 17.8 Å². The highest BCUT2D eigenvalue weighted by molar-refractivity contribution is 5.79. The number of rotatable bonds is 5. The van der Waals surface area contributed by atoms with Gasteiger partial charge in [-0.25, -0.2) is 14.5 Å². The average Bonchev–Trinajstić information content (AvgIpc) is 3.26. The lowest BCUT2D eigenvalue weighted by molar-refractivity contribution is -0.121. The fourth-order valence-corrected chi connectivity index (χ4v) is 3.07. The van der Waals surface area contributed by atoms with Gasteiger partial charge in [-0.1, -0.05) is 0 Å². The van der Waals surface area contributed by atoms with Crippen molar-refractivity contribution in [3.8, 4) is 0 Å². The SMILES string of the molecule is Cc1nc2ncnn2c(C)c1CCC(=O)NCc1[nH]nc2ncccc12. The summed E-state index contributed by atoms with van der Waals surface area (Å²) in [5.74, 6) is 0.544. The quantitative estimate of drug-likeness (QED) is 0.560. The number of aromatic nitrogens is 7. The molecule has 0 aliphatic heterocycles. The number of H-pyrrole nitrogens is 1. The maximum atomic E-state index is 12.3. The first kappa shape index (κ1) is 16.1. The lowest BCUT2D eigenvalue weighted by Gasteiger charge is -2.10. The largest absolute Gasteiger partial charge is 0.350 e. The minimum atomic E-state index is -0.0332. The molecule has 132 valence electrons. The van der Waals surface area contributed by atoms with Crippen molar-refractivity contribution in [3.05, 3.63) is 47.3 Å². The molecule has 0 aliphatic rings. The molecule has 4 aromatic rings. The van der Waals surface area contributed by atoms with Crippen molar-refractivity contribution in [2.75, 3.05) is 0 Å². The van der Waals surface area contributed by atoms with E-state index < -0.39 is 0 Å². The molecule has 0 fully saturated rings. The van der Waals surface area contributed by atoms with E-state index in [0.717, 1.165) is 28.0 Å². The summed E-state index contributed by atoms with van der Waals surface area (Å²) in [5, 5.41) is 15.1. The third-order valence-electron chi connectivity index (χ3n) is 4.46. The van der Waals surface area contributed by atoms with E-state index >= 15 is 0 Å². The molecule has 0 spiro atoms. The number of aryl methyl sites for hydroxylation is 2. The topological polar surface area (TPSA) is 114 Å². The third-order valence-corrected chi connectivity index (χ3v) is 4.46. The molecule has 9 nitrogen and oxygen atoms in total. The molecule has 0 saturated heterocycles. The average molecular weight is 350 g/mol. The Morgan fingerprint density at radius 2 is 2.19 bits per heavy atom. The van der Waals surface area contributed by atoms with Crippen molar-refractivity contribution in [1.82, 2.24) is 40.1 Å². The van der Waals surface area contributed by atoms with Crippen LogP contribution < -0.4 is 5.32 Å². The molecule has 0 bridgehead atoms. The van der Waals surface area contributed by atoms with Crippen molar-refractivity contribution >= 4 is 22.7 Å². The molecule has 26 heavy (non-hydrogen) atoms. The van der Waals surface area contributed by atoms with Gasteiger partial charge in [-0.15, -0.1) is 0 Å². The Morgan fingerprint density at radius 3 is 3.08 bits per heavy atom. The van der Waals surface area contributed by atoms with E-state index in [1.54, 1.807) is 10.7 Å². The summed E-state index contributed by atoms with van der Waals surface area (Å²) in [7, 11) is 0. The predicted octanol–water partition coefficient (Wildman–Crippen LogP) is 1.26. The molecule has 0 aliphatic carbocycles. The van der Waals surface area contributed by atoms with Crippen LogP contribution >= 0.6 is 0 Å². The summed E-state index contributed by atoms with van der Waals surface area (Å²) in [4.78, 5) is 25.0. The van der Waals surface area contributed by atoms with Crippen LogP contribution in [0.25, 0.3) is 16.8 Å². The third kappa shape index (κ3) is 2.87. The van der Waals surface area contributed by atoms with E-state index in [1.165, 1.54) is 6.33 Å². The molecule has 4 heterocycles. The lowest BCUT2D eigenvalue weighted by Crippen LogP contribution is -2.23. The Labute approximate surface area is 148 Å². The highest BCUT2D eigenvalue weighted by Gasteiger charge is 2.13. The first-order valence-corrected chi connectivity index (χ1v) is 8.34.